The average molecular weight is 833 g/mol. The van der Waals surface area contributed by atoms with Gasteiger partial charge in [-0.25, -0.2) is 18.2 Å². The number of fused-ring (bicyclic) bond motifs is 3. The lowest BCUT2D eigenvalue weighted by Crippen LogP contribution is -2.62. The molecule has 1 saturated heterocycles. The van der Waals surface area contributed by atoms with Gasteiger partial charge in [0.25, 0.3) is 11.8 Å². The highest BCUT2D eigenvalue weighted by molar-refractivity contribution is 7.91. The van der Waals surface area contributed by atoms with Crippen LogP contribution >= 0.6 is 0 Å². The van der Waals surface area contributed by atoms with Crippen molar-refractivity contribution in [3.05, 3.63) is 77.9 Å². The van der Waals surface area contributed by atoms with Crippen molar-refractivity contribution in [2.24, 2.45) is 11.3 Å². The van der Waals surface area contributed by atoms with E-state index in [1.54, 1.807) is 26.8 Å². The van der Waals surface area contributed by atoms with Crippen molar-refractivity contribution in [1.82, 2.24) is 40.4 Å². The molecular weight excluding hydrogens is 785 g/mol. The van der Waals surface area contributed by atoms with E-state index in [-0.39, 0.29) is 51.4 Å². The molecule has 314 valence electrons. The van der Waals surface area contributed by atoms with Crippen LogP contribution in [0.4, 0.5) is 4.79 Å². The normalized spacial score (nSPS) is 27.9. The second-order valence-electron chi connectivity index (χ2n) is 16.6. The fourth-order valence-corrected chi connectivity index (χ4v) is 9.03. The monoisotopic (exact) mass is 832 g/mol. The van der Waals surface area contributed by atoms with Crippen LogP contribution < -0.4 is 20.7 Å². The minimum Gasteiger partial charge on any atom is -0.444 e. The van der Waals surface area contributed by atoms with Crippen molar-refractivity contribution in [2.75, 3.05) is 19.8 Å². The Labute approximate surface area is 341 Å². The first-order valence-electron chi connectivity index (χ1n) is 19.5. The predicted molar refractivity (Wildman–Crippen MR) is 210 cm³/mol. The van der Waals surface area contributed by atoms with Crippen LogP contribution in [0.1, 0.15) is 73.6 Å². The summed E-state index contributed by atoms with van der Waals surface area (Å²) >= 11 is 0. The third-order valence-corrected chi connectivity index (χ3v) is 13.1. The topological polar surface area (TPSA) is 235 Å². The average Bonchev–Trinajstić information content (AvgIpc) is 4.09. The number of nitrogens with one attached hydrogen (secondary N) is 4. The summed E-state index contributed by atoms with van der Waals surface area (Å²) in [6.07, 6.45) is 8.11. The third-order valence-electron chi connectivity index (χ3n) is 11.3. The molecule has 1 aromatic carbocycles. The SMILES string of the molecule is C=C[C@@H]1C[C@]1(NC(=O)[C@@H]1C[C@@H]2CN1C(=O)[C@H](C(C)(C)C)NC(=O)[C@@H](NC(=O)c1cnccn1)COC/C=C/c1cccc3c1CN(C3)C(=O)O2)C(=O)NS(=O)(=O)C1CC1. The van der Waals surface area contributed by atoms with Gasteiger partial charge in [0, 0.05) is 31.3 Å². The zero-order valence-electron chi connectivity index (χ0n) is 33.0. The molecule has 6 atom stereocenters. The van der Waals surface area contributed by atoms with Crippen LogP contribution in [0, 0.1) is 11.3 Å². The fraction of sp³-hybridized carbons (Fsp3) is 0.500. The van der Waals surface area contributed by atoms with Gasteiger partial charge in [0.2, 0.25) is 27.7 Å². The lowest BCUT2D eigenvalue weighted by Gasteiger charge is -2.36. The number of amides is 6. The molecule has 3 fully saturated rings. The fourth-order valence-electron chi connectivity index (χ4n) is 7.66. The summed E-state index contributed by atoms with van der Waals surface area (Å²) in [5.41, 5.74) is -0.0321. The van der Waals surface area contributed by atoms with Crippen LogP contribution in [0.3, 0.4) is 0 Å². The highest BCUT2D eigenvalue weighted by Crippen LogP contribution is 2.45. The van der Waals surface area contributed by atoms with Crippen LogP contribution in [-0.4, -0.2) is 119 Å². The number of benzene rings is 1. The first-order chi connectivity index (χ1) is 28.0. The van der Waals surface area contributed by atoms with Gasteiger partial charge in [0.1, 0.15) is 35.5 Å². The van der Waals surface area contributed by atoms with Crippen LogP contribution in [0.25, 0.3) is 6.08 Å². The Hall–Kier alpha value is -5.69. The van der Waals surface area contributed by atoms with Gasteiger partial charge in [-0.15, -0.1) is 6.58 Å². The van der Waals surface area contributed by atoms with Crippen molar-refractivity contribution in [2.45, 2.75) is 94.6 Å². The minimum absolute atomic E-state index is 0.0484. The quantitative estimate of drug-likeness (QED) is 0.272. The zero-order chi connectivity index (χ0) is 42.3. The molecule has 59 heavy (non-hydrogen) atoms. The molecule has 7 rings (SSSR count). The smallest absolute Gasteiger partial charge is 0.410 e. The Bertz CT molecular complexity index is 2190. The number of sulfonamides is 1. The Morgan fingerprint density at radius 1 is 1.10 bits per heavy atom. The highest BCUT2D eigenvalue weighted by Gasteiger charge is 2.62. The summed E-state index contributed by atoms with van der Waals surface area (Å²) in [5.74, 6) is -4.46. The second kappa shape index (κ2) is 16.2. The van der Waals surface area contributed by atoms with Crippen LogP contribution in [-0.2, 0) is 51.8 Å². The molecule has 19 heteroatoms. The number of aromatic nitrogens is 2. The van der Waals surface area contributed by atoms with Gasteiger partial charge in [-0.2, -0.15) is 0 Å². The number of hydrogen-bond donors (Lipinski definition) is 4. The van der Waals surface area contributed by atoms with E-state index in [9.17, 15) is 37.2 Å². The molecule has 0 unspecified atom stereocenters. The maximum absolute atomic E-state index is 14.8. The molecule has 4 heterocycles. The van der Waals surface area contributed by atoms with Gasteiger partial charge >= 0.3 is 6.09 Å². The number of ether oxygens (including phenoxy) is 2. The molecule has 0 radical (unpaired) electrons. The highest BCUT2D eigenvalue weighted by atomic mass is 32.2. The van der Waals surface area contributed by atoms with Crippen molar-refractivity contribution in [3.8, 4) is 0 Å². The molecule has 4 bridgehead atoms. The van der Waals surface area contributed by atoms with Crippen molar-refractivity contribution in [3.63, 3.8) is 0 Å². The maximum atomic E-state index is 14.8. The van der Waals surface area contributed by atoms with E-state index in [0.29, 0.717) is 12.8 Å². The lowest BCUT2D eigenvalue weighted by molar-refractivity contribution is -0.145. The minimum atomic E-state index is -3.96. The summed E-state index contributed by atoms with van der Waals surface area (Å²) < 4.78 is 39.5. The molecule has 3 aliphatic heterocycles. The Kier molecular flexibility index (Phi) is 11.4. The molecule has 5 aliphatic rings. The summed E-state index contributed by atoms with van der Waals surface area (Å²) in [7, 11) is -3.96. The maximum Gasteiger partial charge on any atom is 0.410 e. The van der Waals surface area contributed by atoms with E-state index < -0.39 is 92.0 Å². The standard InChI is InChI=1S/C40H48N8O10S/c1-5-25-17-40(25,37(53)46-59(55,56)27-11-12-27)45-35(51)31-16-26-20-48(31)36(52)32(39(2,3)4)44-34(50)30(43-33(49)29-18-41-13-14-42-29)22-57-15-7-10-23-8-6-9-24-19-47(21-28(23)24)38(54)58-26/h5-10,13-14,18,25-27,30-32H,1,11-12,15-17,19-22H2,2-4H3,(H,43,49)(H,44,50)(H,45,51)(H,46,53)/b10-7+/t25-,26-,30+,31+,32-,40-/m1/s1. The van der Waals surface area contributed by atoms with Gasteiger partial charge in [0.05, 0.1) is 37.8 Å². The van der Waals surface area contributed by atoms with E-state index >= 15 is 0 Å². The van der Waals surface area contributed by atoms with Crippen molar-refractivity contribution in [1.29, 1.82) is 0 Å². The Morgan fingerprint density at radius 2 is 1.88 bits per heavy atom. The number of rotatable bonds is 8. The lowest BCUT2D eigenvalue weighted by atomic mass is 9.85. The molecule has 18 nitrogen and oxygen atoms in total. The van der Waals surface area contributed by atoms with Crippen molar-refractivity contribution < 1.29 is 46.7 Å². The molecule has 2 saturated carbocycles. The van der Waals surface area contributed by atoms with Crippen molar-refractivity contribution >= 4 is 51.7 Å². The molecule has 2 aliphatic carbocycles. The van der Waals surface area contributed by atoms with Gasteiger partial charge < -0.3 is 30.3 Å². The molecular formula is C40H48N8O10S. The number of nitrogens with zero attached hydrogens (tertiary/aromatic N) is 4. The van der Waals surface area contributed by atoms with Crippen LogP contribution in [0.15, 0.2) is 55.5 Å². The first kappa shape index (κ1) is 41.5. The summed E-state index contributed by atoms with van der Waals surface area (Å²) in [6.45, 7) is 8.89. The van der Waals surface area contributed by atoms with Gasteiger partial charge in [-0.1, -0.05) is 57.2 Å². The number of hydrogen-bond acceptors (Lipinski definition) is 12. The van der Waals surface area contributed by atoms with E-state index in [1.165, 1.54) is 34.5 Å². The van der Waals surface area contributed by atoms with Gasteiger partial charge in [-0.3, -0.25) is 38.6 Å². The molecule has 0 spiro atoms. The Morgan fingerprint density at radius 3 is 2.56 bits per heavy atom. The van der Waals surface area contributed by atoms with Crippen LogP contribution in [0.2, 0.25) is 0 Å². The predicted octanol–water partition coefficient (Wildman–Crippen LogP) is 0.941. The van der Waals surface area contributed by atoms with E-state index in [4.69, 9.17) is 9.47 Å². The third kappa shape index (κ3) is 8.85. The molecule has 2 aromatic rings. The molecule has 1 aromatic heterocycles. The summed E-state index contributed by atoms with van der Waals surface area (Å²) in [5, 5.41) is 7.44. The van der Waals surface area contributed by atoms with E-state index in [1.807, 2.05) is 24.3 Å². The molecule has 6 amide bonds. The van der Waals surface area contributed by atoms with Gasteiger partial charge in [0.15, 0.2) is 0 Å². The second-order valence-corrected chi connectivity index (χ2v) is 18.6. The Balaban J connectivity index is 1.20. The van der Waals surface area contributed by atoms with E-state index in [2.05, 4.69) is 37.2 Å². The van der Waals surface area contributed by atoms with E-state index in [0.717, 1.165) is 16.7 Å². The number of carbonyl (C=O) groups is 6. The zero-order valence-corrected chi connectivity index (χ0v) is 33.8. The first-order valence-corrected chi connectivity index (χ1v) is 21.0. The van der Waals surface area contributed by atoms with Gasteiger partial charge in [-0.05, 0) is 41.4 Å². The van der Waals surface area contributed by atoms with Crippen LogP contribution in [0.5, 0.6) is 0 Å². The summed E-state index contributed by atoms with van der Waals surface area (Å²) in [4.78, 5) is 94.4. The summed E-state index contributed by atoms with van der Waals surface area (Å²) in [6, 6.07) is 1.74. The number of carbonyl (C=O) groups excluding carboxylic acids is 6. The molecule has 4 N–H and O–H groups in total. The largest absolute Gasteiger partial charge is 0.444 e.